The molecule has 1 saturated heterocycles. The van der Waals surface area contributed by atoms with Gasteiger partial charge in [-0.15, -0.1) is 0 Å². The van der Waals surface area contributed by atoms with Crippen molar-refractivity contribution < 1.29 is 9.53 Å². The molecule has 128 valence electrons. The van der Waals surface area contributed by atoms with Gasteiger partial charge in [-0.1, -0.05) is 26.3 Å². The highest BCUT2D eigenvalue weighted by Crippen LogP contribution is 2.26. The first kappa shape index (κ1) is 17.8. The summed E-state index contributed by atoms with van der Waals surface area (Å²) < 4.78 is 5.47. The molecule has 1 N–H and O–H groups in total. The Balaban J connectivity index is 2.11. The summed E-state index contributed by atoms with van der Waals surface area (Å²) >= 11 is 0. The summed E-state index contributed by atoms with van der Waals surface area (Å²) in [6.07, 6.45) is 4.45. The molecule has 1 aromatic carbocycles. The normalized spacial score (nSPS) is 18.2. The summed E-state index contributed by atoms with van der Waals surface area (Å²) in [5, 5.41) is 3.12. The van der Waals surface area contributed by atoms with Crippen molar-refractivity contribution in [2.75, 3.05) is 26.7 Å². The van der Waals surface area contributed by atoms with Crippen LogP contribution in [0.5, 0.6) is 5.75 Å². The molecule has 23 heavy (non-hydrogen) atoms. The number of amides is 1. The molecule has 4 heteroatoms. The summed E-state index contributed by atoms with van der Waals surface area (Å²) in [7, 11) is 1.63. The van der Waals surface area contributed by atoms with Crippen LogP contribution < -0.4 is 10.1 Å². The topological polar surface area (TPSA) is 41.6 Å². The first-order valence-corrected chi connectivity index (χ1v) is 8.80. The van der Waals surface area contributed by atoms with Gasteiger partial charge in [0.25, 0.3) is 5.91 Å². The van der Waals surface area contributed by atoms with Gasteiger partial charge in [0.15, 0.2) is 0 Å². The van der Waals surface area contributed by atoms with Crippen molar-refractivity contribution in [3.05, 3.63) is 28.8 Å². The Morgan fingerprint density at radius 2 is 2.17 bits per heavy atom. The lowest BCUT2D eigenvalue weighted by molar-refractivity contribution is 0.0938. The molecule has 1 fully saturated rings. The molecule has 1 heterocycles. The summed E-state index contributed by atoms with van der Waals surface area (Å²) in [6.45, 7) is 9.25. The molecule has 0 aromatic heterocycles. The quantitative estimate of drug-likeness (QED) is 0.839. The predicted molar refractivity (Wildman–Crippen MR) is 94.3 cm³/mol. The van der Waals surface area contributed by atoms with Crippen LogP contribution in [-0.4, -0.2) is 43.6 Å². The third kappa shape index (κ3) is 4.25. The SMILES string of the molecule is CCCc1cc(C)c(OC)c(C(=O)NCC2CCCN2CC)c1. The molecule has 1 aliphatic rings. The minimum atomic E-state index is -0.0224. The van der Waals surface area contributed by atoms with Crippen LogP contribution in [-0.2, 0) is 6.42 Å². The lowest BCUT2D eigenvalue weighted by Gasteiger charge is -2.23. The van der Waals surface area contributed by atoms with E-state index in [1.54, 1.807) is 7.11 Å². The first-order chi connectivity index (χ1) is 11.1. The lowest BCUT2D eigenvalue weighted by Crippen LogP contribution is -2.40. The second-order valence-electron chi connectivity index (χ2n) is 6.38. The summed E-state index contributed by atoms with van der Waals surface area (Å²) in [5.41, 5.74) is 2.89. The summed E-state index contributed by atoms with van der Waals surface area (Å²) in [4.78, 5) is 15.1. The van der Waals surface area contributed by atoms with Gasteiger partial charge in [-0.2, -0.15) is 0 Å². The minimum Gasteiger partial charge on any atom is -0.496 e. The van der Waals surface area contributed by atoms with Gasteiger partial charge in [-0.25, -0.2) is 0 Å². The van der Waals surface area contributed by atoms with Crippen molar-refractivity contribution in [3.8, 4) is 5.75 Å². The zero-order valence-corrected chi connectivity index (χ0v) is 14.9. The van der Waals surface area contributed by atoms with Crippen molar-refractivity contribution in [2.24, 2.45) is 0 Å². The van der Waals surface area contributed by atoms with Gasteiger partial charge in [0.2, 0.25) is 0 Å². The van der Waals surface area contributed by atoms with Crippen LogP contribution in [0.15, 0.2) is 12.1 Å². The van der Waals surface area contributed by atoms with E-state index in [-0.39, 0.29) is 5.91 Å². The molecule has 1 aromatic rings. The van der Waals surface area contributed by atoms with Crippen LogP contribution in [0.2, 0.25) is 0 Å². The van der Waals surface area contributed by atoms with Gasteiger partial charge in [0.05, 0.1) is 12.7 Å². The van der Waals surface area contributed by atoms with Gasteiger partial charge in [-0.05, 0) is 56.5 Å². The van der Waals surface area contributed by atoms with Gasteiger partial charge >= 0.3 is 0 Å². The first-order valence-electron chi connectivity index (χ1n) is 8.80. The van der Waals surface area contributed by atoms with Crippen molar-refractivity contribution in [3.63, 3.8) is 0 Å². The third-order valence-corrected chi connectivity index (χ3v) is 4.73. The molecular formula is C19H30N2O2. The number of likely N-dealkylation sites (N-methyl/N-ethyl adjacent to an activating group) is 1. The van der Waals surface area contributed by atoms with E-state index < -0.39 is 0 Å². The Bertz CT molecular complexity index is 542. The third-order valence-electron chi connectivity index (χ3n) is 4.73. The molecule has 1 amide bonds. The van der Waals surface area contributed by atoms with Crippen molar-refractivity contribution >= 4 is 5.91 Å². The Morgan fingerprint density at radius 3 is 2.83 bits per heavy atom. The molecule has 2 rings (SSSR count). The van der Waals surface area contributed by atoms with E-state index in [9.17, 15) is 4.79 Å². The number of benzene rings is 1. The summed E-state index contributed by atoms with van der Waals surface area (Å²) in [6, 6.07) is 4.57. The molecule has 0 aliphatic carbocycles. The number of carbonyl (C=O) groups excluding carboxylic acids is 1. The second kappa shape index (κ2) is 8.34. The van der Waals surface area contributed by atoms with E-state index >= 15 is 0 Å². The average Bonchev–Trinajstić information content (AvgIpc) is 3.00. The fraction of sp³-hybridized carbons (Fsp3) is 0.632. The number of nitrogens with one attached hydrogen (secondary N) is 1. The Labute approximate surface area is 140 Å². The van der Waals surface area contributed by atoms with Gasteiger partial charge < -0.3 is 10.1 Å². The number of carbonyl (C=O) groups is 1. The molecule has 4 nitrogen and oxygen atoms in total. The Kier molecular flexibility index (Phi) is 6.46. The Morgan fingerprint density at radius 1 is 1.39 bits per heavy atom. The lowest BCUT2D eigenvalue weighted by atomic mass is 10.0. The predicted octanol–water partition coefficient (Wildman–Crippen LogP) is 3.17. The maximum Gasteiger partial charge on any atom is 0.255 e. The van der Waals surface area contributed by atoms with Crippen molar-refractivity contribution in [2.45, 2.75) is 52.5 Å². The van der Waals surface area contributed by atoms with E-state index in [0.29, 0.717) is 23.9 Å². The van der Waals surface area contributed by atoms with E-state index in [4.69, 9.17) is 4.74 Å². The maximum absolute atomic E-state index is 12.7. The number of hydrogen-bond donors (Lipinski definition) is 1. The van der Waals surface area contributed by atoms with Gasteiger partial charge in [0.1, 0.15) is 5.75 Å². The summed E-state index contributed by atoms with van der Waals surface area (Å²) in [5.74, 6) is 0.673. The smallest absolute Gasteiger partial charge is 0.255 e. The van der Waals surface area contributed by atoms with Crippen LogP contribution in [0.4, 0.5) is 0 Å². The van der Waals surface area contributed by atoms with Crippen LogP contribution in [0, 0.1) is 6.92 Å². The number of likely N-dealkylation sites (tertiary alicyclic amines) is 1. The highest BCUT2D eigenvalue weighted by molar-refractivity contribution is 5.97. The fourth-order valence-electron chi connectivity index (χ4n) is 3.57. The second-order valence-corrected chi connectivity index (χ2v) is 6.38. The number of nitrogens with zero attached hydrogens (tertiary/aromatic N) is 1. The van der Waals surface area contributed by atoms with Crippen molar-refractivity contribution in [1.82, 2.24) is 10.2 Å². The number of methoxy groups -OCH3 is 1. The largest absolute Gasteiger partial charge is 0.496 e. The van der Waals surface area contributed by atoms with E-state index in [0.717, 1.165) is 31.5 Å². The maximum atomic E-state index is 12.7. The Hall–Kier alpha value is -1.55. The monoisotopic (exact) mass is 318 g/mol. The number of aryl methyl sites for hydroxylation is 2. The standard InChI is InChI=1S/C19H30N2O2/c1-5-8-15-11-14(3)18(23-4)17(12-15)19(22)20-13-16-9-7-10-21(16)6-2/h11-12,16H,5-10,13H2,1-4H3,(H,20,22). The highest BCUT2D eigenvalue weighted by Gasteiger charge is 2.24. The van der Waals surface area contributed by atoms with E-state index in [2.05, 4.69) is 30.1 Å². The van der Waals surface area contributed by atoms with E-state index in [1.165, 1.54) is 18.4 Å². The van der Waals surface area contributed by atoms with Crippen molar-refractivity contribution in [1.29, 1.82) is 0 Å². The zero-order chi connectivity index (χ0) is 16.8. The minimum absolute atomic E-state index is 0.0224. The molecule has 0 saturated carbocycles. The van der Waals surface area contributed by atoms with Crippen LogP contribution in [0.1, 0.15) is 54.6 Å². The van der Waals surface area contributed by atoms with Crippen LogP contribution in [0.3, 0.4) is 0 Å². The average molecular weight is 318 g/mol. The molecule has 1 atom stereocenters. The number of rotatable bonds is 7. The van der Waals surface area contributed by atoms with Crippen LogP contribution in [0.25, 0.3) is 0 Å². The molecule has 1 aliphatic heterocycles. The number of hydrogen-bond acceptors (Lipinski definition) is 3. The molecular weight excluding hydrogens is 288 g/mol. The number of ether oxygens (including phenoxy) is 1. The fourth-order valence-corrected chi connectivity index (χ4v) is 3.57. The van der Waals surface area contributed by atoms with Gasteiger partial charge in [0, 0.05) is 12.6 Å². The zero-order valence-electron chi connectivity index (χ0n) is 14.9. The van der Waals surface area contributed by atoms with Crippen LogP contribution >= 0.6 is 0 Å². The highest BCUT2D eigenvalue weighted by atomic mass is 16.5. The van der Waals surface area contributed by atoms with Gasteiger partial charge in [-0.3, -0.25) is 9.69 Å². The molecule has 0 bridgehead atoms. The molecule has 1 unspecified atom stereocenters. The molecule has 0 spiro atoms. The molecule has 0 radical (unpaired) electrons. The van der Waals surface area contributed by atoms with E-state index in [1.807, 2.05) is 13.0 Å².